The molecule has 0 unspecified atom stereocenters. The number of carbonyl (C=O) groups excluding carboxylic acids is 1. The van der Waals surface area contributed by atoms with E-state index >= 15 is 0 Å². The number of thioether (sulfide) groups is 1. The Morgan fingerprint density at radius 1 is 1.27 bits per heavy atom. The molecule has 9 nitrogen and oxygen atoms in total. The van der Waals surface area contributed by atoms with Crippen LogP contribution in [-0.2, 0) is 4.79 Å². The van der Waals surface area contributed by atoms with Crippen LogP contribution < -0.4 is 21.6 Å². The Labute approximate surface area is 153 Å². The number of benzene rings is 1. The molecular weight excluding hydrogens is 356 g/mol. The average molecular weight is 376 g/mol. The van der Waals surface area contributed by atoms with E-state index in [0.29, 0.717) is 0 Å². The van der Waals surface area contributed by atoms with Gasteiger partial charge in [-0.2, -0.15) is 10.2 Å². The summed E-state index contributed by atoms with van der Waals surface area (Å²) in [6, 6.07) is 7.84. The van der Waals surface area contributed by atoms with Gasteiger partial charge in [0.05, 0.1) is 12.0 Å². The summed E-state index contributed by atoms with van der Waals surface area (Å²) in [4.78, 5) is 38.3. The van der Waals surface area contributed by atoms with Crippen LogP contribution in [0.3, 0.4) is 0 Å². The largest absolute Gasteiger partial charge is 0.372 e. The van der Waals surface area contributed by atoms with Crippen LogP contribution in [0.4, 0.5) is 5.69 Å². The number of hydrazone groups is 1. The number of hydrogen-bond acceptors (Lipinski definition) is 7. The summed E-state index contributed by atoms with van der Waals surface area (Å²) in [7, 11) is 0. The van der Waals surface area contributed by atoms with Crippen LogP contribution >= 0.6 is 11.8 Å². The third-order valence-electron chi connectivity index (χ3n) is 3.44. The van der Waals surface area contributed by atoms with E-state index in [9.17, 15) is 14.4 Å². The van der Waals surface area contributed by atoms with Gasteiger partial charge in [0, 0.05) is 18.8 Å². The SMILES string of the molecule is CCN(CC)c1ccc(/C=N/NC(=O)CSc2n[nH]c(=O)[nH]c2=O)cc1. The summed E-state index contributed by atoms with van der Waals surface area (Å²) in [5.74, 6) is -0.446. The van der Waals surface area contributed by atoms with Crippen molar-refractivity contribution in [3.05, 3.63) is 50.7 Å². The summed E-state index contributed by atoms with van der Waals surface area (Å²) in [6.07, 6.45) is 1.54. The van der Waals surface area contributed by atoms with Gasteiger partial charge in [0.15, 0.2) is 5.03 Å². The van der Waals surface area contributed by atoms with Gasteiger partial charge < -0.3 is 4.90 Å². The molecule has 0 atom stereocenters. The molecule has 0 spiro atoms. The zero-order chi connectivity index (χ0) is 18.9. The molecule has 26 heavy (non-hydrogen) atoms. The first-order chi connectivity index (χ1) is 12.5. The van der Waals surface area contributed by atoms with Crippen molar-refractivity contribution in [3.8, 4) is 0 Å². The van der Waals surface area contributed by atoms with Gasteiger partial charge >= 0.3 is 5.69 Å². The minimum absolute atomic E-state index is 0.00993. The second kappa shape index (κ2) is 9.56. The highest BCUT2D eigenvalue weighted by atomic mass is 32.2. The predicted octanol–water partition coefficient (Wildman–Crippen LogP) is 0.547. The lowest BCUT2D eigenvalue weighted by molar-refractivity contribution is -0.118. The molecule has 0 bridgehead atoms. The predicted molar refractivity (Wildman–Crippen MR) is 102 cm³/mol. The molecule has 0 radical (unpaired) electrons. The molecular formula is C16H20N6O3S. The van der Waals surface area contributed by atoms with Crippen molar-refractivity contribution in [1.29, 1.82) is 0 Å². The lowest BCUT2D eigenvalue weighted by Crippen LogP contribution is -2.26. The van der Waals surface area contributed by atoms with Crippen molar-refractivity contribution in [1.82, 2.24) is 20.6 Å². The quantitative estimate of drug-likeness (QED) is 0.351. The van der Waals surface area contributed by atoms with Crippen LogP contribution in [0.2, 0.25) is 0 Å². The third kappa shape index (κ3) is 5.59. The van der Waals surface area contributed by atoms with Gasteiger partial charge in [-0.25, -0.2) is 15.3 Å². The summed E-state index contributed by atoms with van der Waals surface area (Å²) >= 11 is 0.904. The fourth-order valence-electron chi connectivity index (χ4n) is 2.14. The fraction of sp³-hybridized carbons (Fsp3) is 0.312. The molecule has 0 aliphatic heterocycles. The number of H-pyrrole nitrogens is 2. The van der Waals surface area contributed by atoms with E-state index in [4.69, 9.17) is 0 Å². The number of hydrogen-bond donors (Lipinski definition) is 3. The first-order valence-corrected chi connectivity index (χ1v) is 9.00. The Hall–Kier alpha value is -2.88. The first kappa shape index (κ1) is 19.4. The van der Waals surface area contributed by atoms with E-state index in [1.54, 1.807) is 6.21 Å². The molecule has 2 rings (SSSR count). The molecule has 1 heterocycles. The highest BCUT2D eigenvalue weighted by molar-refractivity contribution is 7.99. The van der Waals surface area contributed by atoms with Crippen molar-refractivity contribution < 1.29 is 4.79 Å². The monoisotopic (exact) mass is 376 g/mol. The topological polar surface area (TPSA) is 123 Å². The van der Waals surface area contributed by atoms with Crippen LogP contribution in [0.25, 0.3) is 0 Å². The molecule has 0 saturated carbocycles. The highest BCUT2D eigenvalue weighted by Crippen LogP contribution is 2.14. The van der Waals surface area contributed by atoms with Gasteiger partial charge in [-0.15, -0.1) is 0 Å². The van der Waals surface area contributed by atoms with E-state index in [-0.39, 0.29) is 10.8 Å². The van der Waals surface area contributed by atoms with Crippen molar-refractivity contribution in [2.75, 3.05) is 23.7 Å². The molecule has 0 aliphatic carbocycles. The van der Waals surface area contributed by atoms with E-state index in [1.165, 1.54) is 0 Å². The second-order valence-corrected chi connectivity index (χ2v) is 6.12. The Bertz CT molecular complexity index is 871. The van der Waals surface area contributed by atoms with E-state index in [0.717, 1.165) is 36.1 Å². The van der Waals surface area contributed by atoms with Gasteiger partial charge in [0.2, 0.25) is 5.91 Å². The Morgan fingerprint density at radius 2 is 1.96 bits per heavy atom. The van der Waals surface area contributed by atoms with Gasteiger partial charge in [0.1, 0.15) is 0 Å². The van der Waals surface area contributed by atoms with E-state index < -0.39 is 17.2 Å². The molecule has 0 aliphatic rings. The van der Waals surface area contributed by atoms with E-state index in [1.807, 2.05) is 29.2 Å². The molecule has 0 saturated heterocycles. The standard InChI is InChI=1S/C16H20N6O3S/c1-3-22(4-2)12-7-5-11(6-8-12)9-17-19-13(23)10-26-15-14(24)18-16(25)21-20-15/h5-9H,3-4,10H2,1-2H3,(H,19,23)(H2,18,21,24,25)/b17-9+. The molecule has 138 valence electrons. The number of nitrogens with zero attached hydrogens (tertiary/aromatic N) is 3. The number of aromatic amines is 2. The molecule has 10 heteroatoms. The maximum absolute atomic E-state index is 11.7. The lowest BCUT2D eigenvalue weighted by Gasteiger charge is -2.20. The normalized spacial score (nSPS) is 10.8. The summed E-state index contributed by atoms with van der Waals surface area (Å²) < 4.78 is 0. The molecule has 1 amide bonds. The maximum Gasteiger partial charge on any atom is 0.342 e. The number of aromatic nitrogens is 3. The Kier molecular flexibility index (Phi) is 7.15. The average Bonchev–Trinajstić information content (AvgIpc) is 2.63. The van der Waals surface area contributed by atoms with Crippen LogP contribution in [0.1, 0.15) is 19.4 Å². The summed E-state index contributed by atoms with van der Waals surface area (Å²) in [6.45, 7) is 6.07. The fourth-order valence-corrected chi connectivity index (χ4v) is 2.76. The number of carbonyl (C=O) groups is 1. The number of nitrogens with one attached hydrogen (secondary N) is 3. The molecule has 2 aromatic rings. The third-order valence-corrected chi connectivity index (χ3v) is 4.40. The lowest BCUT2D eigenvalue weighted by atomic mass is 10.2. The van der Waals surface area contributed by atoms with Crippen molar-refractivity contribution >= 4 is 29.6 Å². The van der Waals surface area contributed by atoms with E-state index in [2.05, 4.69) is 39.5 Å². The highest BCUT2D eigenvalue weighted by Gasteiger charge is 2.07. The van der Waals surface area contributed by atoms with Gasteiger partial charge in [-0.3, -0.25) is 14.6 Å². The zero-order valence-corrected chi connectivity index (χ0v) is 15.3. The Morgan fingerprint density at radius 3 is 2.58 bits per heavy atom. The van der Waals surface area contributed by atoms with Crippen molar-refractivity contribution in [2.24, 2.45) is 5.10 Å². The molecule has 1 aromatic carbocycles. The Balaban J connectivity index is 1.84. The van der Waals surface area contributed by atoms with Crippen molar-refractivity contribution in [2.45, 2.75) is 18.9 Å². The van der Waals surface area contributed by atoms with Crippen LogP contribution in [0.15, 0.2) is 44.0 Å². The summed E-state index contributed by atoms with van der Waals surface area (Å²) in [5, 5.41) is 9.58. The number of anilines is 1. The number of amides is 1. The first-order valence-electron chi connectivity index (χ1n) is 8.02. The molecule has 3 N–H and O–H groups in total. The number of rotatable bonds is 8. The minimum atomic E-state index is -0.694. The zero-order valence-electron chi connectivity index (χ0n) is 14.5. The van der Waals surface area contributed by atoms with Gasteiger partial charge in [-0.1, -0.05) is 23.9 Å². The van der Waals surface area contributed by atoms with Crippen LogP contribution in [0.5, 0.6) is 0 Å². The van der Waals surface area contributed by atoms with Crippen LogP contribution in [-0.4, -0.2) is 46.1 Å². The second-order valence-electron chi connectivity index (χ2n) is 5.16. The maximum atomic E-state index is 11.7. The van der Waals surface area contributed by atoms with Crippen LogP contribution in [0, 0.1) is 0 Å². The van der Waals surface area contributed by atoms with Crippen molar-refractivity contribution in [3.63, 3.8) is 0 Å². The minimum Gasteiger partial charge on any atom is -0.372 e. The molecule has 0 fully saturated rings. The smallest absolute Gasteiger partial charge is 0.342 e. The molecule has 1 aromatic heterocycles. The van der Waals surface area contributed by atoms with Gasteiger partial charge in [0.25, 0.3) is 5.56 Å². The van der Waals surface area contributed by atoms with Gasteiger partial charge in [-0.05, 0) is 31.5 Å². The summed E-state index contributed by atoms with van der Waals surface area (Å²) in [5.41, 5.74) is 3.03.